The van der Waals surface area contributed by atoms with E-state index in [0.717, 1.165) is 21.2 Å². The van der Waals surface area contributed by atoms with Crippen LogP contribution in [0.4, 0.5) is 0 Å². The molecule has 1 aromatic heterocycles. The second-order valence-corrected chi connectivity index (χ2v) is 8.24. The zero-order valence-corrected chi connectivity index (χ0v) is 16.3. The summed E-state index contributed by atoms with van der Waals surface area (Å²) in [6, 6.07) is 15.0. The third-order valence-electron chi connectivity index (χ3n) is 4.30. The summed E-state index contributed by atoms with van der Waals surface area (Å²) in [5, 5.41) is 14.9. The van der Waals surface area contributed by atoms with Gasteiger partial charge in [-0.1, -0.05) is 51.1 Å². The molecule has 1 amide bonds. The van der Waals surface area contributed by atoms with E-state index in [1.54, 1.807) is 12.1 Å². The first kappa shape index (κ1) is 18.9. The summed E-state index contributed by atoms with van der Waals surface area (Å²) >= 11 is 1.54. The topological polar surface area (TPSA) is 66.4 Å². The van der Waals surface area contributed by atoms with Gasteiger partial charge < -0.3 is 10.4 Å². The smallest absolute Gasteiger partial charge is 0.352 e. The lowest BCUT2D eigenvalue weighted by Gasteiger charge is -2.19. The zero-order valence-electron chi connectivity index (χ0n) is 15.4. The molecule has 0 aliphatic carbocycles. The van der Waals surface area contributed by atoms with Gasteiger partial charge in [-0.3, -0.25) is 4.79 Å². The van der Waals surface area contributed by atoms with E-state index < -0.39 is 11.9 Å². The van der Waals surface area contributed by atoms with Crippen LogP contribution in [0.5, 0.6) is 0 Å². The predicted molar refractivity (Wildman–Crippen MR) is 110 cm³/mol. The van der Waals surface area contributed by atoms with E-state index in [2.05, 4.69) is 26.1 Å². The molecule has 0 saturated heterocycles. The summed E-state index contributed by atoms with van der Waals surface area (Å²) in [4.78, 5) is 24.1. The Balaban J connectivity index is 1.86. The maximum absolute atomic E-state index is 12.5. The van der Waals surface area contributed by atoms with E-state index in [-0.39, 0.29) is 11.1 Å². The van der Waals surface area contributed by atoms with Gasteiger partial charge in [0.15, 0.2) is 0 Å². The second kappa shape index (κ2) is 7.37. The Kier molecular flexibility index (Phi) is 5.15. The van der Waals surface area contributed by atoms with Crippen LogP contribution in [-0.4, -0.2) is 17.0 Å². The highest BCUT2D eigenvalue weighted by Crippen LogP contribution is 2.27. The van der Waals surface area contributed by atoms with Crippen molar-refractivity contribution in [1.82, 2.24) is 5.32 Å². The van der Waals surface area contributed by atoms with E-state index in [9.17, 15) is 14.7 Å². The van der Waals surface area contributed by atoms with Gasteiger partial charge >= 0.3 is 5.97 Å². The van der Waals surface area contributed by atoms with Crippen molar-refractivity contribution in [3.63, 3.8) is 0 Å². The first-order valence-corrected chi connectivity index (χ1v) is 9.47. The molecule has 27 heavy (non-hydrogen) atoms. The normalized spacial score (nSPS) is 12.2. The van der Waals surface area contributed by atoms with Gasteiger partial charge in [-0.15, -0.1) is 11.3 Å². The molecule has 3 rings (SSSR count). The van der Waals surface area contributed by atoms with Gasteiger partial charge in [0.05, 0.1) is 0 Å². The molecule has 5 heteroatoms. The predicted octanol–water partition coefficient (Wildman–Crippen LogP) is 5.05. The average molecular weight is 379 g/mol. The summed E-state index contributed by atoms with van der Waals surface area (Å²) in [6.07, 6.45) is 1.50. The lowest BCUT2D eigenvalue weighted by atomic mass is 9.87. The number of hydrogen-bond donors (Lipinski definition) is 2. The molecule has 3 aromatic rings. The summed E-state index contributed by atoms with van der Waals surface area (Å²) in [5.41, 5.74) is 2.14. The van der Waals surface area contributed by atoms with E-state index in [1.807, 2.05) is 41.8 Å². The van der Waals surface area contributed by atoms with Crippen molar-refractivity contribution >= 4 is 39.4 Å². The van der Waals surface area contributed by atoms with Crippen LogP contribution >= 0.6 is 11.3 Å². The number of rotatable bonds is 4. The van der Waals surface area contributed by atoms with Crippen molar-refractivity contribution in [3.8, 4) is 0 Å². The number of thiophene rings is 1. The van der Waals surface area contributed by atoms with Gasteiger partial charge in [0.25, 0.3) is 5.91 Å². The number of carbonyl (C=O) groups excluding carboxylic acids is 1. The zero-order chi connectivity index (χ0) is 19.6. The molecular weight excluding hydrogens is 358 g/mol. The monoisotopic (exact) mass is 379 g/mol. The molecule has 138 valence electrons. The lowest BCUT2D eigenvalue weighted by molar-refractivity contribution is -0.132. The number of aliphatic carboxylic acids is 1. The molecule has 0 aliphatic heterocycles. The highest BCUT2D eigenvalue weighted by molar-refractivity contribution is 7.17. The SMILES string of the molecule is CC(C)(C)c1ccc(C(=O)N/C(=C/c2csc3ccccc23)C(=O)O)cc1. The van der Waals surface area contributed by atoms with Crippen molar-refractivity contribution in [2.75, 3.05) is 0 Å². The standard InChI is InChI=1S/C22H21NO3S/c1-22(2,3)16-10-8-14(9-11-16)20(24)23-18(21(25)26)12-15-13-27-19-7-5-4-6-17(15)19/h4-13H,1-3H3,(H,23,24)(H,25,26)/b18-12+. The number of carboxylic acids is 1. The average Bonchev–Trinajstić information content (AvgIpc) is 3.03. The first-order valence-electron chi connectivity index (χ1n) is 8.59. The number of nitrogens with one attached hydrogen (secondary N) is 1. The van der Waals surface area contributed by atoms with Gasteiger partial charge in [0.1, 0.15) is 5.70 Å². The van der Waals surface area contributed by atoms with Crippen LogP contribution in [0.1, 0.15) is 42.3 Å². The Morgan fingerprint density at radius 1 is 1.04 bits per heavy atom. The molecule has 1 heterocycles. The number of carbonyl (C=O) groups is 2. The van der Waals surface area contributed by atoms with Gasteiger partial charge in [-0.2, -0.15) is 0 Å². The minimum atomic E-state index is -1.18. The third kappa shape index (κ3) is 4.26. The second-order valence-electron chi connectivity index (χ2n) is 7.33. The van der Waals surface area contributed by atoms with Crippen LogP contribution in [-0.2, 0) is 10.2 Å². The minimum absolute atomic E-state index is 0.0128. The Bertz CT molecular complexity index is 1020. The largest absolute Gasteiger partial charge is 0.477 e. The molecular formula is C22H21NO3S. The molecule has 0 radical (unpaired) electrons. The molecule has 0 saturated carbocycles. The summed E-state index contributed by atoms with van der Waals surface area (Å²) in [7, 11) is 0. The van der Waals surface area contributed by atoms with Crippen LogP contribution in [0.3, 0.4) is 0 Å². The Hall–Kier alpha value is -2.92. The maximum Gasteiger partial charge on any atom is 0.352 e. The van der Waals surface area contributed by atoms with E-state index in [4.69, 9.17) is 0 Å². The van der Waals surface area contributed by atoms with Crippen molar-refractivity contribution in [2.24, 2.45) is 0 Å². The van der Waals surface area contributed by atoms with E-state index in [0.29, 0.717) is 5.56 Å². The maximum atomic E-state index is 12.5. The Morgan fingerprint density at radius 2 is 1.70 bits per heavy atom. The number of carboxylic acid groups (broad SMARTS) is 1. The van der Waals surface area contributed by atoms with Crippen LogP contribution < -0.4 is 5.32 Å². The summed E-state index contributed by atoms with van der Waals surface area (Å²) in [5.74, 6) is -1.62. The highest BCUT2D eigenvalue weighted by atomic mass is 32.1. The van der Waals surface area contributed by atoms with Crippen molar-refractivity contribution in [2.45, 2.75) is 26.2 Å². The third-order valence-corrected chi connectivity index (χ3v) is 5.28. The van der Waals surface area contributed by atoms with Crippen molar-refractivity contribution in [1.29, 1.82) is 0 Å². The van der Waals surface area contributed by atoms with Crippen LogP contribution in [0.25, 0.3) is 16.2 Å². The molecule has 0 atom stereocenters. The molecule has 0 fully saturated rings. The fourth-order valence-electron chi connectivity index (χ4n) is 2.73. The fraction of sp³-hybridized carbons (Fsp3) is 0.182. The van der Waals surface area contributed by atoms with Crippen LogP contribution in [0, 0.1) is 0 Å². The van der Waals surface area contributed by atoms with Crippen LogP contribution in [0.15, 0.2) is 59.6 Å². The van der Waals surface area contributed by atoms with Gasteiger partial charge in [0, 0.05) is 10.3 Å². The number of amides is 1. The first-order chi connectivity index (χ1) is 12.8. The van der Waals surface area contributed by atoms with E-state index >= 15 is 0 Å². The molecule has 0 bridgehead atoms. The minimum Gasteiger partial charge on any atom is -0.477 e. The summed E-state index contributed by atoms with van der Waals surface area (Å²) < 4.78 is 1.07. The molecule has 2 N–H and O–H groups in total. The molecule has 0 spiro atoms. The molecule has 4 nitrogen and oxygen atoms in total. The van der Waals surface area contributed by atoms with Gasteiger partial charge in [-0.25, -0.2) is 4.79 Å². The van der Waals surface area contributed by atoms with E-state index in [1.165, 1.54) is 17.4 Å². The summed E-state index contributed by atoms with van der Waals surface area (Å²) in [6.45, 7) is 6.29. The Labute approximate surface area is 162 Å². The lowest BCUT2D eigenvalue weighted by Crippen LogP contribution is -2.27. The van der Waals surface area contributed by atoms with Crippen molar-refractivity contribution in [3.05, 3.63) is 76.3 Å². The van der Waals surface area contributed by atoms with Crippen molar-refractivity contribution < 1.29 is 14.7 Å². The molecule has 2 aromatic carbocycles. The Morgan fingerprint density at radius 3 is 2.33 bits per heavy atom. The quantitative estimate of drug-likeness (QED) is 0.623. The fourth-order valence-corrected chi connectivity index (χ4v) is 3.65. The number of fused-ring (bicyclic) bond motifs is 1. The van der Waals surface area contributed by atoms with Crippen LogP contribution in [0.2, 0.25) is 0 Å². The van der Waals surface area contributed by atoms with Gasteiger partial charge in [0.2, 0.25) is 0 Å². The number of benzene rings is 2. The highest BCUT2D eigenvalue weighted by Gasteiger charge is 2.17. The molecule has 0 unspecified atom stereocenters. The molecule has 0 aliphatic rings. The number of hydrogen-bond acceptors (Lipinski definition) is 3. The van der Waals surface area contributed by atoms with Gasteiger partial charge in [-0.05, 0) is 51.6 Å².